The average molecular weight is 303 g/mol. The summed E-state index contributed by atoms with van der Waals surface area (Å²) in [6, 6.07) is 7.89. The number of aliphatic hydroxyl groups excluding tert-OH is 1. The zero-order chi connectivity index (χ0) is 15.8. The molecule has 4 heteroatoms. The molecule has 3 nitrogen and oxygen atoms in total. The van der Waals surface area contributed by atoms with Crippen molar-refractivity contribution in [3.05, 3.63) is 35.5 Å². The van der Waals surface area contributed by atoms with Crippen LogP contribution in [0.15, 0.2) is 24.3 Å². The van der Waals surface area contributed by atoms with Crippen molar-refractivity contribution in [2.75, 3.05) is 0 Å². The van der Waals surface area contributed by atoms with Crippen LogP contribution in [0.4, 0.5) is 0 Å². The van der Waals surface area contributed by atoms with Crippen LogP contribution in [0, 0.1) is 6.92 Å². The number of aromatic nitrogens is 1. The van der Waals surface area contributed by atoms with E-state index in [1.165, 1.54) is 0 Å². The van der Waals surface area contributed by atoms with Gasteiger partial charge in [0.15, 0.2) is 0 Å². The Morgan fingerprint density at radius 2 is 1.81 bits per heavy atom. The van der Waals surface area contributed by atoms with E-state index < -0.39 is 8.32 Å². The topological polar surface area (TPSA) is 42.4 Å². The van der Waals surface area contributed by atoms with Gasteiger partial charge in [0.2, 0.25) is 0 Å². The van der Waals surface area contributed by atoms with Crippen molar-refractivity contribution in [1.29, 1.82) is 0 Å². The van der Waals surface area contributed by atoms with Crippen LogP contribution < -0.4 is 4.43 Å². The zero-order valence-electron chi connectivity index (χ0n) is 13.8. The number of hydrogen-bond acceptors (Lipinski definition) is 3. The smallest absolute Gasteiger partial charge is 0.250 e. The van der Waals surface area contributed by atoms with E-state index in [1.807, 2.05) is 31.2 Å². The van der Waals surface area contributed by atoms with Gasteiger partial charge in [-0.3, -0.25) is 4.98 Å². The molecule has 1 aromatic heterocycles. The molecular weight excluding hydrogens is 278 g/mol. The Morgan fingerprint density at radius 3 is 2.38 bits per heavy atom. The molecule has 2 rings (SSSR count). The molecule has 0 saturated heterocycles. The first-order valence-corrected chi connectivity index (χ1v) is 10.3. The molecule has 1 aromatic carbocycles. The van der Waals surface area contributed by atoms with E-state index in [1.54, 1.807) is 0 Å². The molecule has 0 saturated carbocycles. The summed E-state index contributed by atoms with van der Waals surface area (Å²) in [6.07, 6.45) is 0. The predicted molar refractivity (Wildman–Crippen MR) is 90.2 cm³/mol. The number of fused-ring (bicyclic) bond motifs is 1. The highest BCUT2D eigenvalue weighted by atomic mass is 28.4. The van der Waals surface area contributed by atoms with Crippen molar-refractivity contribution >= 4 is 19.2 Å². The molecule has 2 aromatic rings. The van der Waals surface area contributed by atoms with E-state index >= 15 is 0 Å². The van der Waals surface area contributed by atoms with Gasteiger partial charge < -0.3 is 9.53 Å². The van der Waals surface area contributed by atoms with Crippen LogP contribution >= 0.6 is 0 Å². The zero-order valence-corrected chi connectivity index (χ0v) is 14.8. The predicted octanol–water partition coefficient (Wildman–Crippen LogP) is 4.42. The summed E-state index contributed by atoms with van der Waals surface area (Å²) in [7, 11) is -1.96. The number of nitrogens with zero attached hydrogens (tertiary/aromatic N) is 1. The van der Waals surface area contributed by atoms with Crippen LogP contribution in [-0.4, -0.2) is 18.4 Å². The standard InChI is InChI=1S/C17H25NO2Si/c1-12-7-9-14-15(18-12)10-8-13(11-19)16(14)20-21(5,6)17(2,3)4/h7-10,19H,11H2,1-6H3. The molecule has 114 valence electrons. The number of rotatable bonds is 3. The minimum absolute atomic E-state index is 0.0201. The minimum Gasteiger partial charge on any atom is -0.543 e. The molecule has 0 fully saturated rings. The quantitative estimate of drug-likeness (QED) is 0.854. The molecular formula is C17H25NO2Si. The summed E-state index contributed by atoms with van der Waals surface area (Å²) >= 11 is 0. The van der Waals surface area contributed by atoms with E-state index in [0.29, 0.717) is 0 Å². The lowest BCUT2D eigenvalue weighted by Crippen LogP contribution is -2.44. The van der Waals surface area contributed by atoms with Crippen LogP contribution in [0.1, 0.15) is 32.0 Å². The van der Waals surface area contributed by atoms with Gasteiger partial charge in [0, 0.05) is 16.6 Å². The summed E-state index contributed by atoms with van der Waals surface area (Å²) in [4.78, 5) is 4.56. The van der Waals surface area contributed by atoms with Crippen LogP contribution in [0.5, 0.6) is 5.75 Å². The Kier molecular flexibility index (Phi) is 4.13. The highest BCUT2D eigenvalue weighted by molar-refractivity contribution is 6.74. The Morgan fingerprint density at radius 1 is 1.14 bits per heavy atom. The largest absolute Gasteiger partial charge is 0.543 e. The van der Waals surface area contributed by atoms with E-state index in [9.17, 15) is 5.11 Å². The Hall–Kier alpha value is -1.39. The molecule has 0 amide bonds. The van der Waals surface area contributed by atoms with Crippen molar-refractivity contribution < 1.29 is 9.53 Å². The first-order chi connectivity index (χ1) is 9.65. The molecule has 0 aliphatic carbocycles. The number of aryl methyl sites for hydroxylation is 1. The maximum atomic E-state index is 9.65. The normalized spacial score (nSPS) is 12.7. The molecule has 0 bridgehead atoms. The van der Waals surface area contributed by atoms with Crippen LogP contribution in [0.25, 0.3) is 10.9 Å². The third kappa shape index (κ3) is 3.11. The summed E-state index contributed by atoms with van der Waals surface area (Å²) in [5.74, 6) is 0.800. The van der Waals surface area contributed by atoms with Gasteiger partial charge in [-0.2, -0.15) is 0 Å². The number of aliphatic hydroxyl groups is 1. The van der Waals surface area contributed by atoms with Gasteiger partial charge in [-0.15, -0.1) is 0 Å². The second-order valence-corrected chi connectivity index (χ2v) is 11.8. The molecule has 1 N–H and O–H groups in total. The van der Waals surface area contributed by atoms with E-state index in [4.69, 9.17) is 4.43 Å². The number of pyridine rings is 1. The third-order valence-corrected chi connectivity index (χ3v) is 8.70. The summed E-state index contributed by atoms with van der Waals surface area (Å²) in [5, 5.41) is 10.7. The molecule has 0 spiro atoms. The van der Waals surface area contributed by atoms with Gasteiger partial charge in [0.25, 0.3) is 8.32 Å². The molecule has 0 radical (unpaired) electrons. The van der Waals surface area contributed by atoms with Crippen LogP contribution in [-0.2, 0) is 6.61 Å². The fraction of sp³-hybridized carbons (Fsp3) is 0.471. The Labute approximate surface area is 128 Å². The maximum Gasteiger partial charge on any atom is 0.250 e. The Bertz CT molecular complexity index is 660. The maximum absolute atomic E-state index is 9.65. The minimum atomic E-state index is -1.96. The lowest BCUT2D eigenvalue weighted by Gasteiger charge is -2.37. The monoisotopic (exact) mass is 303 g/mol. The highest BCUT2D eigenvalue weighted by Crippen LogP contribution is 2.40. The first-order valence-electron chi connectivity index (χ1n) is 7.35. The number of hydrogen-bond donors (Lipinski definition) is 1. The first kappa shape index (κ1) is 16.0. The van der Waals surface area contributed by atoms with Crippen LogP contribution in [0.2, 0.25) is 18.1 Å². The molecule has 0 unspecified atom stereocenters. The average Bonchev–Trinajstić information content (AvgIpc) is 2.37. The fourth-order valence-electron chi connectivity index (χ4n) is 1.98. The van der Waals surface area contributed by atoms with Crippen molar-refractivity contribution in [2.24, 2.45) is 0 Å². The van der Waals surface area contributed by atoms with Gasteiger partial charge in [-0.05, 0) is 43.3 Å². The SMILES string of the molecule is Cc1ccc2c(O[Si](C)(C)C(C)(C)C)c(CO)ccc2n1. The Balaban J connectivity index is 2.61. The summed E-state index contributed by atoms with van der Waals surface area (Å²) in [6.45, 7) is 13.0. The van der Waals surface area contributed by atoms with E-state index in [-0.39, 0.29) is 11.6 Å². The van der Waals surface area contributed by atoms with Crippen molar-refractivity contribution in [3.63, 3.8) is 0 Å². The van der Waals surface area contributed by atoms with Crippen LogP contribution in [0.3, 0.4) is 0 Å². The van der Waals surface area contributed by atoms with Gasteiger partial charge in [-0.1, -0.05) is 26.8 Å². The van der Waals surface area contributed by atoms with Gasteiger partial charge in [0.05, 0.1) is 12.1 Å². The second kappa shape index (κ2) is 5.43. The van der Waals surface area contributed by atoms with Crippen molar-refractivity contribution in [2.45, 2.75) is 52.4 Å². The highest BCUT2D eigenvalue weighted by Gasteiger charge is 2.39. The van der Waals surface area contributed by atoms with Crippen molar-refractivity contribution in [3.8, 4) is 5.75 Å². The van der Waals surface area contributed by atoms with Gasteiger partial charge in [0.1, 0.15) is 5.75 Å². The summed E-state index contributed by atoms with van der Waals surface area (Å²) in [5.41, 5.74) is 2.73. The van der Waals surface area contributed by atoms with Gasteiger partial charge in [-0.25, -0.2) is 0 Å². The number of benzene rings is 1. The molecule has 0 atom stereocenters. The van der Waals surface area contributed by atoms with Gasteiger partial charge >= 0.3 is 0 Å². The molecule has 21 heavy (non-hydrogen) atoms. The molecule has 0 aliphatic rings. The second-order valence-electron chi connectivity index (χ2n) is 7.09. The van der Waals surface area contributed by atoms with E-state index in [2.05, 4.69) is 38.8 Å². The molecule has 0 aliphatic heterocycles. The fourth-order valence-corrected chi connectivity index (χ4v) is 3.03. The molecule has 1 heterocycles. The van der Waals surface area contributed by atoms with E-state index in [0.717, 1.165) is 27.9 Å². The third-order valence-electron chi connectivity index (χ3n) is 4.38. The summed E-state index contributed by atoms with van der Waals surface area (Å²) < 4.78 is 6.48. The lowest BCUT2D eigenvalue weighted by atomic mass is 10.1. The lowest BCUT2D eigenvalue weighted by molar-refractivity contribution is 0.278. The van der Waals surface area contributed by atoms with Crippen molar-refractivity contribution in [1.82, 2.24) is 4.98 Å².